The number of ether oxygens (including phenoxy) is 1. The fourth-order valence-corrected chi connectivity index (χ4v) is 2.57. The summed E-state index contributed by atoms with van der Waals surface area (Å²) in [6.45, 7) is 4.54. The Morgan fingerprint density at radius 3 is 3.05 bits per heavy atom. The normalized spacial score (nSPS) is 18.6. The van der Waals surface area contributed by atoms with Crippen LogP contribution in [-0.4, -0.2) is 45.3 Å². The number of carbonyl (C=O) groups is 1. The Hall–Kier alpha value is -1.66. The van der Waals surface area contributed by atoms with Gasteiger partial charge in [0, 0.05) is 25.3 Å². The largest absolute Gasteiger partial charge is 0.377 e. The Morgan fingerprint density at radius 2 is 2.33 bits per heavy atom. The minimum absolute atomic E-state index is 0.0584. The predicted molar refractivity (Wildman–Crippen MR) is 79.8 cm³/mol. The molecule has 0 spiro atoms. The second-order valence-electron chi connectivity index (χ2n) is 4.98. The molecule has 1 saturated heterocycles. The van der Waals surface area contributed by atoms with E-state index in [1.165, 1.54) is 12.1 Å². The van der Waals surface area contributed by atoms with Crippen LogP contribution in [0.1, 0.15) is 12.5 Å². The molecule has 116 valence electrons. The molecule has 2 N–H and O–H groups in total. The quantitative estimate of drug-likeness (QED) is 0.847. The SMILES string of the molecule is CCNC(=O)C1COCCN1c1ccc(F)cc1CNC. The van der Waals surface area contributed by atoms with Gasteiger partial charge < -0.3 is 20.3 Å². The van der Waals surface area contributed by atoms with E-state index in [1.807, 2.05) is 18.9 Å². The third kappa shape index (κ3) is 3.71. The lowest BCUT2D eigenvalue weighted by atomic mass is 10.1. The van der Waals surface area contributed by atoms with Crippen LogP contribution in [0.2, 0.25) is 0 Å². The third-order valence-corrected chi connectivity index (χ3v) is 3.50. The highest BCUT2D eigenvalue weighted by Gasteiger charge is 2.30. The van der Waals surface area contributed by atoms with Gasteiger partial charge in [-0.15, -0.1) is 0 Å². The van der Waals surface area contributed by atoms with Gasteiger partial charge in [-0.3, -0.25) is 4.79 Å². The molecule has 1 aliphatic rings. The number of anilines is 1. The van der Waals surface area contributed by atoms with Crippen molar-refractivity contribution in [3.63, 3.8) is 0 Å². The van der Waals surface area contributed by atoms with E-state index in [-0.39, 0.29) is 17.8 Å². The van der Waals surface area contributed by atoms with Gasteiger partial charge in [-0.1, -0.05) is 0 Å². The number of halogens is 1. The van der Waals surface area contributed by atoms with Crippen LogP contribution >= 0.6 is 0 Å². The first-order valence-corrected chi connectivity index (χ1v) is 7.22. The average Bonchev–Trinajstić information content (AvgIpc) is 2.48. The molecule has 1 amide bonds. The zero-order valence-electron chi connectivity index (χ0n) is 12.5. The van der Waals surface area contributed by atoms with Gasteiger partial charge >= 0.3 is 0 Å². The van der Waals surface area contributed by atoms with Crippen molar-refractivity contribution < 1.29 is 13.9 Å². The zero-order chi connectivity index (χ0) is 15.2. The lowest BCUT2D eigenvalue weighted by Crippen LogP contribution is -2.54. The van der Waals surface area contributed by atoms with E-state index >= 15 is 0 Å². The molecule has 1 unspecified atom stereocenters. The molecule has 1 aromatic carbocycles. The van der Waals surface area contributed by atoms with Gasteiger partial charge in [0.1, 0.15) is 11.9 Å². The van der Waals surface area contributed by atoms with Crippen LogP contribution in [0.4, 0.5) is 10.1 Å². The summed E-state index contributed by atoms with van der Waals surface area (Å²) in [6.07, 6.45) is 0. The van der Waals surface area contributed by atoms with Gasteiger partial charge in [-0.2, -0.15) is 0 Å². The average molecular weight is 295 g/mol. The lowest BCUT2D eigenvalue weighted by molar-refractivity contribution is -0.124. The molecule has 1 fully saturated rings. The fraction of sp³-hybridized carbons (Fsp3) is 0.533. The summed E-state index contributed by atoms with van der Waals surface area (Å²) < 4.78 is 18.9. The second-order valence-corrected chi connectivity index (χ2v) is 4.98. The molecule has 0 saturated carbocycles. The van der Waals surface area contributed by atoms with Gasteiger partial charge in [0.05, 0.1) is 13.2 Å². The van der Waals surface area contributed by atoms with Crippen LogP contribution in [-0.2, 0) is 16.1 Å². The number of carbonyl (C=O) groups excluding carboxylic acids is 1. The van der Waals surface area contributed by atoms with E-state index in [0.717, 1.165) is 11.3 Å². The van der Waals surface area contributed by atoms with E-state index in [0.29, 0.717) is 32.8 Å². The minimum Gasteiger partial charge on any atom is -0.377 e. The summed E-state index contributed by atoms with van der Waals surface area (Å²) in [5.74, 6) is -0.330. The molecule has 1 heterocycles. The highest BCUT2D eigenvalue weighted by atomic mass is 19.1. The molecule has 6 heteroatoms. The maximum Gasteiger partial charge on any atom is 0.245 e. The Kier molecular flexibility index (Phi) is 5.52. The number of hydrogen-bond donors (Lipinski definition) is 2. The molecular weight excluding hydrogens is 273 g/mol. The Bertz CT molecular complexity index is 496. The van der Waals surface area contributed by atoms with Crippen LogP contribution in [0.3, 0.4) is 0 Å². The minimum atomic E-state index is -0.375. The van der Waals surface area contributed by atoms with Gasteiger partial charge in [-0.05, 0) is 37.7 Å². The number of nitrogens with zero attached hydrogens (tertiary/aromatic N) is 1. The van der Waals surface area contributed by atoms with Gasteiger partial charge in [-0.25, -0.2) is 4.39 Å². The lowest BCUT2D eigenvalue weighted by Gasteiger charge is -2.37. The monoisotopic (exact) mass is 295 g/mol. The standard InChI is InChI=1S/C15H22FN3O2/c1-3-18-15(20)14-10-21-7-6-19(14)13-5-4-12(16)8-11(13)9-17-2/h4-5,8,14,17H,3,6-7,9-10H2,1-2H3,(H,18,20). The molecule has 0 radical (unpaired) electrons. The maximum absolute atomic E-state index is 13.5. The molecule has 21 heavy (non-hydrogen) atoms. The van der Waals surface area contributed by atoms with E-state index < -0.39 is 0 Å². The second kappa shape index (κ2) is 7.38. The van der Waals surface area contributed by atoms with Crippen molar-refractivity contribution in [2.45, 2.75) is 19.5 Å². The van der Waals surface area contributed by atoms with Crippen LogP contribution in [0.15, 0.2) is 18.2 Å². The summed E-state index contributed by atoms with van der Waals surface area (Å²) in [5, 5.41) is 5.86. The number of hydrogen-bond acceptors (Lipinski definition) is 4. The third-order valence-electron chi connectivity index (χ3n) is 3.50. The van der Waals surface area contributed by atoms with Crippen molar-refractivity contribution in [1.29, 1.82) is 0 Å². The molecule has 1 aromatic rings. The summed E-state index contributed by atoms with van der Waals surface area (Å²) in [4.78, 5) is 14.2. The first kappa shape index (κ1) is 15.7. The number of nitrogens with one attached hydrogen (secondary N) is 2. The molecule has 0 aliphatic carbocycles. The fourth-order valence-electron chi connectivity index (χ4n) is 2.57. The Labute approximate surface area is 124 Å². The number of benzene rings is 1. The zero-order valence-corrected chi connectivity index (χ0v) is 12.5. The Morgan fingerprint density at radius 1 is 1.52 bits per heavy atom. The molecule has 2 rings (SSSR count). The van der Waals surface area contributed by atoms with Crippen molar-refractivity contribution in [3.05, 3.63) is 29.6 Å². The van der Waals surface area contributed by atoms with E-state index in [4.69, 9.17) is 4.74 Å². The number of amides is 1. The summed E-state index contributed by atoms with van der Waals surface area (Å²) >= 11 is 0. The Balaban J connectivity index is 2.30. The smallest absolute Gasteiger partial charge is 0.245 e. The summed E-state index contributed by atoms with van der Waals surface area (Å²) in [6, 6.07) is 4.30. The first-order valence-electron chi connectivity index (χ1n) is 7.22. The molecule has 1 atom stereocenters. The topological polar surface area (TPSA) is 53.6 Å². The molecular formula is C15H22FN3O2. The van der Waals surface area contributed by atoms with E-state index in [9.17, 15) is 9.18 Å². The van der Waals surface area contributed by atoms with Crippen LogP contribution in [0.25, 0.3) is 0 Å². The van der Waals surface area contributed by atoms with Crippen molar-refractivity contribution >= 4 is 11.6 Å². The summed E-state index contributed by atoms with van der Waals surface area (Å²) in [7, 11) is 1.81. The molecule has 0 aromatic heterocycles. The predicted octanol–water partition coefficient (Wildman–Crippen LogP) is 0.886. The first-order chi connectivity index (χ1) is 10.2. The molecule has 1 aliphatic heterocycles. The van der Waals surface area contributed by atoms with Gasteiger partial charge in [0.15, 0.2) is 0 Å². The molecule has 0 bridgehead atoms. The van der Waals surface area contributed by atoms with Crippen molar-refractivity contribution in [2.24, 2.45) is 0 Å². The number of likely N-dealkylation sites (N-methyl/N-ethyl adjacent to an activating group) is 1. The number of rotatable bonds is 5. The maximum atomic E-state index is 13.5. The van der Waals surface area contributed by atoms with Crippen molar-refractivity contribution in [3.8, 4) is 0 Å². The van der Waals surface area contributed by atoms with E-state index in [1.54, 1.807) is 6.07 Å². The van der Waals surface area contributed by atoms with E-state index in [2.05, 4.69) is 10.6 Å². The van der Waals surface area contributed by atoms with Crippen molar-refractivity contribution in [2.75, 3.05) is 38.3 Å². The highest BCUT2D eigenvalue weighted by molar-refractivity contribution is 5.86. The summed E-state index contributed by atoms with van der Waals surface area (Å²) in [5.41, 5.74) is 1.72. The van der Waals surface area contributed by atoms with Crippen LogP contribution in [0, 0.1) is 5.82 Å². The number of morpholine rings is 1. The molecule has 5 nitrogen and oxygen atoms in total. The van der Waals surface area contributed by atoms with Gasteiger partial charge in [0.2, 0.25) is 5.91 Å². The highest BCUT2D eigenvalue weighted by Crippen LogP contribution is 2.25. The van der Waals surface area contributed by atoms with Crippen LogP contribution in [0.5, 0.6) is 0 Å². The van der Waals surface area contributed by atoms with Crippen LogP contribution < -0.4 is 15.5 Å². The van der Waals surface area contributed by atoms with Gasteiger partial charge in [0.25, 0.3) is 0 Å². The van der Waals surface area contributed by atoms with Crippen molar-refractivity contribution in [1.82, 2.24) is 10.6 Å².